The molecule has 1 saturated heterocycles. The molecule has 2 amide bonds. The molecule has 1 fully saturated rings. The minimum atomic E-state index is -3.74. The van der Waals surface area contributed by atoms with Crippen LogP contribution in [0.4, 0.5) is 4.79 Å². The molecule has 7 nitrogen and oxygen atoms in total. The highest BCUT2D eigenvalue weighted by Crippen LogP contribution is 2.44. The third-order valence-electron chi connectivity index (χ3n) is 5.16. The molecule has 27 heavy (non-hydrogen) atoms. The van der Waals surface area contributed by atoms with Crippen molar-refractivity contribution in [2.24, 2.45) is 5.14 Å². The first-order valence-electron chi connectivity index (χ1n) is 8.65. The van der Waals surface area contributed by atoms with Gasteiger partial charge in [-0.15, -0.1) is 0 Å². The van der Waals surface area contributed by atoms with Crippen molar-refractivity contribution in [3.63, 3.8) is 0 Å². The molecule has 2 aliphatic heterocycles. The van der Waals surface area contributed by atoms with Crippen LogP contribution >= 0.6 is 0 Å². The van der Waals surface area contributed by atoms with Crippen LogP contribution in [0.15, 0.2) is 47.4 Å². The van der Waals surface area contributed by atoms with E-state index in [1.54, 1.807) is 17.0 Å². The quantitative estimate of drug-likeness (QED) is 0.844. The van der Waals surface area contributed by atoms with E-state index >= 15 is 0 Å². The summed E-state index contributed by atoms with van der Waals surface area (Å²) < 4.78 is 29.1. The number of urea groups is 1. The Balaban J connectivity index is 1.63. The predicted molar refractivity (Wildman–Crippen MR) is 99.5 cm³/mol. The van der Waals surface area contributed by atoms with E-state index in [1.165, 1.54) is 12.1 Å². The Morgan fingerprint density at radius 2 is 1.96 bits per heavy atom. The van der Waals surface area contributed by atoms with Crippen LogP contribution in [0.3, 0.4) is 0 Å². The minimum Gasteiger partial charge on any atom is -0.468 e. The Kier molecular flexibility index (Phi) is 3.94. The van der Waals surface area contributed by atoms with E-state index in [9.17, 15) is 13.2 Å². The fourth-order valence-corrected chi connectivity index (χ4v) is 4.24. The van der Waals surface area contributed by atoms with Crippen LogP contribution in [0.5, 0.6) is 5.75 Å². The largest absolute Gasteiger partial charge is 0.468 e. The summed E-state index contributed by atoms with van der Waals surface area (Å²) in [6.45, 7) is 4.20. The number of ether oxygens (including phenoxy) is 1. The molecule has 3 N–H and O–H groups in total. The van der Waals surface area contributed by atoms with Gasteiger partial charge < -0.3 is 10.1 Å². The number of carbonyl (C=O) groups excluding carboxylic acids is 1. The molecule has 2 aromatic carbocycles. The number of nitrogens with two attached hydrogens (primary N) is 1. The highest BCUT2D eigenvalue weighted by Gasteiger charge is 2.48. The molecule has 0 spiro atoms. The average Bonchev–Trinajstić information content (AvgIpc) is 2.57. The van der Waals surface area contributed by atoms with Crippen molar-refractivity contribution in [3.8, 4) is 5.75 Å². The summed E-state index contributed by atoms with van der Waals surface area (Å²) in [4.78, 5) is 14.4. The second-order valence-corrected chi connectivity index (χ2v) is 8.86. The number of benzene rings is 2. The number of hydrogen-bond acceptors (Lipinski definition) is 4. The molecule has 2 unspecified atom stereocenters. The first-order valence-corrected chi connectivity index (χ1v) is 10.2. The Hall–Kier alpha value is -2.58. The lowest BCUT2D eigenvalue weighted by Gasteiger charge is -2.50. The maximum Gasteiger partial charge on any atom is 0.321 e. The van der Waals surface area contributed by atoms with Gasteiger partial charge in [-0.3, -0.25) is 4.90 Å². The smallest absolute Gasteiger partial charge is 0.321 e. The molecule has 0 saturated carbocycles. The predicted octanol–water partition coefficient (Wildman–Crippen LogP) is 2.41. The van der Waals surface area contributed by atoms with Crippen molar-refractivity contribution in [2.45, 2.75) is 43.5 Å². The lowest BCUT2D eigenvalue weighted by Crippen LogP contribution is -2.64. The molecule has 0 aromatic heterocycles. The van der Waals surface area contributed by atoms with E-state index in [2.05, 4.69) is 5.32 Å². The molecule has 2 heterocycles. The Morgan fingerprint density at radius 1 is 1.26 bits per heavy atom. The molecule has 8 heteroatoms. The van der Waals surface area contributed by atoms with Crippen LogP contribution in [0.1, 0.15) is 36.1 Å². The van der Waals surface area contributed by atoms with Crippen LogP contribution < -0.4 is 15.2 Å². The molecule has 2 atom stereocenters. The summed E-state index contributed by atoms with van der Waals surface area (Å²) in [5.41, 5.74) is 2.08. The van der Waals surface area contributed by atoms with E-state index < -0.39 is 15.7 Å². The van der Waals surface area contributed by atoms with E-state index in [1.807, 2.05) is 32.0 Å². The van der Waals surface area contributed by atoms with Gasteiger partial charge in [0.25, 0.3) is 0 Å². The number of aryl methyl sites for hydroxylation is 1. The normalized spacial score (nSPS) is 24.0. The third-order valence-corrected chi connectivity index (χ3v) is 6.09. The number of rotatable bonds is 3. The summed E-state index contributed by atoms with van der Waals surface area (Å²) >= 11 is 0. The lowest BCUT2D eigenvalue weighted by molar-refractivity contribution is -0.0879. The van der Waals surface area contributed by atoms with Crippen molar-refractivity contribution in [1.82, 2.24) is 10.2 Å². The van der Waals surface area contributed by atoms with Crippen molar-refractivity contribution < 1.29 is 17.9 Å². The fraction of sp³-hybridized carbons (Fsp3) is 0.316. The second-order valence-electron chi connectivity index (χ2n) is 7.30. The van der Waals surface area contributed by atoms with Crippen LogP contribution in [-0.2, 0) is 16.6 Å². The van der Waals surface area contributed by atoms with Gasteiger partial charge in [-0.1, -0.05) is 24.3 Å². The lowest BCUT2D eigenvalue weighted by atomic mass is 9.89. The molecule has 2 aromatic rings. The molecule has 4 rings (SSSR count). The van der Waals surface area contributed by atoms with Crippen molar-refractivity contribution >= 4 is 16.1 Å². The summed E-state index contributed by atoms with van der Waals surface area (Å²) in [5.74, 6) is 0.781. The fourth-order valence-electron chi connectivity index (χ4n) is 3.73. The van der Waals surface area contributed by atoms with Crippen LogP contribution in [0.2, 0.25) is 0 Å². The highest BCUT2D eigenvalue weighted by molar-refractivity contribution is 7.89. The molecule has 0 aliphatic carbocycles. The van der Waals surface area contributed by atoms with Crippen LogP contribution in [0.25, 0.3) is 0 Å². The van der Waals surface area contributed by atoms with Crippen LogP contribution in [0, 0.1) is 6.92 Å². The zero-order chi connectivity index (χ0) is 19.4. The average molecular weight is 387 g/mol. The van der Waals surface area contributed by atoms with Gasteiger partial charge >= 0.3 is 6.03 Å². The van der Waals surface area contributed by atoms with Crippen LogP contribution in [-0.4, -0.2) is 25.1 Å². The number of primary sulfonamides is 1. The number of amides is 2. The van der Waals surface area contributed by atoms with Gasteiger partial charge in [-0.25, -0.2) is 18.4 Å². The molecular formula is C19H21N3O4S. The van der Waals surface area contributed by atoms with E-state index in [0.717, 1.165) is 22.4 Å². The standard InChI is InChI=1S/C19H21N3O4S/c1-12-3-8-15-16-10-19(2,26-17(15)9-12)22(18(23)21-16)11-13-4-6-14(7-5-13)27(20,24)25/h3-9,16H,10-11H2,1-2H3,(H,21,23)(H2,20,24,25). The Morgan fingerprint density at radius 3 is 2.63 bits per heavy atom. The number of nitrogens with zero attached hydrogens (tertiary/aromatic N) is 1. The summed E-state index contributed by atoms with van der Waals surface area (Å²) in [5, 5.41) is 8.18. The van der Waals surface area contributed by atoms with Gasteiger partial charge in [0.15, 0.2) is 5.72 Å². The molecule has 2 bridgehead atoms. The van der Waals surface area contributed by atoms with Crippen molar-refractivity contribution in [1.29, 1.82) is 0 Å². The third kappa shape index (κ3) is 3.15. The maximum absolute atomic E-state index is 12.7. The summed E-state index contributed by atoms with van der Waals surface area (Å²) in [7, 11) is -3.74. The SMILES string of the molecule is Cc1ccc2c(c1)OC1(C)CC2NC(=O)N1Cc1ccc(S(N)(=O)=O)cc1. The molecule has 142 valence electrons. The zero-order valence-corrected chi connectivity index (χ0v) is 15.9. The van der Waals surface area contributed by atoms with Gasteiger partial charge in [-0.05, 0) is 43.2 Å². The number of carbonyl (C=O) groups is 1. The van der Waals surface area contributed by atoms with Gasteiger partial charge in [-0.2, -0.15) is 0 Å². The van der Waals surface area contributed by atoms with E-state index in [0.29, 0.717) is 13.0 Å². The molecule has 2 aliphatic rings. The van der Waals surface area contributed by atoms with Gasteiger partial charge in [0.05, 0.1) is 17.5 Å². The second kappa shape index (κ2) is 5.97. The topological polar surface area (TPSA) is 102 Å². The first-order chi connectivity index (χ1) is 12.7. The zero-order valence-electron chi connectivity index (χ0n) is 15.1. The van der Waals surface area contributed by atoms with Crippen molar-refractivity contribution in [3.05, 3.63) is 59.2 Å². The first kappa shape index (κ1) is 17.8. The Labute approximate surface area is 158 Å². The number of sulfonamides is 1. The van der Waals surface area contributed by atoms with E-state index in [4.69, 9.17) is 9.88 Å². The molecular weight excluding hydrogens is 366 g/mol. The number of nitrogens with one attached hydrogen (secondary N) is 1. The number of hydrogen-bond donors (Lipinski definition) is 2. The minimum absolute atomic E-state index is 0.0407. The van der Waals surface area contributed by atoms with Gasteiger partial charge in [0.1, 0.15) is 5.75 Å². The highest BCUT2D eigenvalue weighted by atomic mass is 32.2. The monoisotopic (exact) mass is 387 g/mol. The molecule has 0 radical (unpaired) electrons. The summed E-state index contributed by atoms with van der Waals surface area (Å²) in [6, 6.07) is 11.9. The number of fused-ring (bicyclic) bond motifs is 4. The van der Waals surface area contributed by atoms with E-state index in [-0.39, 0.29) is 17.0 Å². The summed E-state index contributed by atoms with van der Waals surface area (Å²) in [6.07, 6.45) is 0.629. The Bertz CT molecular complexity index is 1020. The van der Waals surface area contributed by atoms with Crippen molar-refractivity contribution in [2.75, 3.05) is 0 Å². The maximum atomic E-state index is 12.7. The van der Waals surface area contributed by atoms with Gasteiger partial charge in [0.2, 0.25) is 10.0 Å². The van der Waals surface area contributed by atoms with Gasteiger partial charge in [0, 0.05) is 12.0 Å².